The predicted molar refractivity (Wildman–Crippen MR) is 53.4 cm³/mol. The first kappa shape index (κ1) is 13.4. The predicted octanol–water partition coefficient (Wildman–Crippen LogP) is -0.841. The molecule has 94 valence electrons. The minimum Gasteiger partial charge on any atom is -0.436 e. The Morgan fingerprint density at radius 1 is 1.50 bits per heavy atom. The van der Waals surface area contributed by atoms with E-state index in [9.17, 15) is 15.0 Å². The van der Waals surface area contributed by atoms with E-state index in [1.165, 1.54) is 0 Å². The number of hydrogen-bond donors (Lipinski definition) is 3. The number of carbonyl (C=O) groups is 1. The molecule has 6 nitrogen and oxygen atoms in total. The van der Waals surface area contributed by atoms with Gasteiger partial charge in [-0.25, -0.2) is 0 Å². The summed E-state index contributed by atoms with van der Waals surface area (Å²) in [5, 5.41) is 27.8. The molecule has 6 heteroatoms. The zero-order valence-corrected chi connectivity index (χ0v) is 9.20. The molecule has 0 bridgehead atoms. The van der Waals surface area contributed by atoms with Crippen molar-refractivity contribution in [1.29, 1.82) is 0 Å². The fraction of sp³-hybridized carbons (Fsp3) is 0.900. The minimum atomic E-state index is -1.15. The molecule has 0 aromatic carbocycles. The first-order valence-corrected chi connectivity index (χ1v) is 5.40. The van der Waals surface area contributed by atoms with Crippen molar-refractivity contribution in [3.05, 3.63) is 0 Å². The molecule has 1 fully saturated rings. The maximum atomic E-state index is 11.2. The maximum absolute atomic E-state index is 11.2. The standard InChI is InChI=1S/C10H18O6/c1-2-3-8(13)16-9-4-6(12)10(14)7(5-11)15-9/h6-7,9-12,14H,2-5H2,1H3/t6-,7-,9?,10+/m1/s1. The highest BCUT2D eigenvalue weighted by molar-refractivity contribution is 5.69. The lowest BCUT2D eigenvalue weighted by Gasteiger charge is -2.35. The Kier molecular flexibility index (Phi) is 5.14. The van der Waals surface area contributed by atoms with Gasteiger partial charge < -0.3 is 24.8 Å². The lowest BCUT2D eigenvalue weighted by atomic mass is 10.0. The zero-order chi connectivity index (χ0) is 12.1. The summed E-state index contributed by atoms with van der Waals surface area (Å²) in [5.74, 6) is -0.409. The molecule has 16 heavy (non-hydrogen) atoms. The Labute approximate surface area is 93.8 Å². The molecule has 0 spiro atoms. The van der Waals surface area contributed by atoms with Crippen LogP contribution in [0.25, 0.3) is 0 Å². The number of aliphatic hydroxyl groups excluding tert-OH is 3. The topological polar surface area (TPSA) is 96.2 Å². The van der Waals surface area contributed by atoms with Crippen LogP contribution in [0.4, 0.5) is 0 Å². The highest BCUT2D eigenvalue weighted by Crippen LogP contribution is 2.21. The molecule has 0 aromatic heterocycles. The zero-order valence-electron chi connectivity index (χ0n) is 9.20. The lowest BCUT2D eigenvalue weighted by Crippen LogP contribution is -2.50. The van der Waals surface area contributed by atoms with Crippen LogP contribution in [0, 0.1) is 0 Å². The smallest absolute Gasteiger partial charge is 0.308 e. The summed E-state index contributed by atoms with van der Waals surface area (Å²) in [6, 6.07) is 0. The Balaban J connectivity index is 2.47. The van der Waals surface area contributed by atoms with Gasteiger partial charge in [0.15, 0.2) is 0 Å². The summed E-state index contributed by atoms with van der Waals surface area (Å²) < 4.78 is 10.1. The van der Waals surface area contributed by atoms with Gasteiger partial charge in [0.1, 0.15) is 12.2 Å². The number of esters is 1. The van der Waals surface area contributed by atoms with Crippen LogP contribution in [0.1, 0.15) is 26.2 Å². The summed E-state index contributed by atoms with van der Waals surface area (Å²) >= 11 is 0. The van der Waals surface area contributed by atoms with Crippen molar-refractivity contribution < 1.29 is 29.6 Å². The van der Waals surface area contributed by atoms with Crippen molar-refractivity contribution in [2.24, 2.45) is 0 Å². The maximum Gasteiger partial charge on any atom is 0.308 e. The average Bonchev–Trinajstić information content (AvgIpc) is 2.23. The van der Waals surface area contributed by atoms with Gasteiger partial charge >= 0.3 is 5.97 Å². The molecular formula is C10H18O6. The van der Waals surface area contributed by atoms with Crippen LogP contribution in [0.2, 0.25) is 0 Å². The summed E-state index contributed by atoms with van der Waals surface area (Å²) in [4.78, 5) is 11.2. The van der Waals surface area contributed by atoms with E-state index in [0.717, 1.165) is 0 Å². The van der Waals surface area contributed by atoms with Gasteiger partial charge in [-0.2, -0.15) is 0 Å². The van der Waals surface area contributed by atoms with Gasteiger partial charge in [0.25, 0.3) is 0 Å². The molecule has 1 rings (SSSR count). The lowest BCUT2D eigenvalue weighted by molar-refractivity contribution is -0.251. The van der Waals surface area contributed by atoms with E-state index >= 15 is 0 Å². The monoisotopic (exact) mass is 234 g/mol. The van der Waals surface area contributed by atoms with Crippen molar-refractivity contribution in [1.82, 2.24) is 0 Å². The number of carbonyl (C=O) groups excluding carboxylic acids is 1. The highest BCUT2D eigenvalue weighted by Gasteiger charge is 2.37. The van der Waals surface area contributed by atoms with E-state index < -0.39 is 37.2 Å². The summed E-state index contributed by atoms with van der Waals surface area (Å²) in [7, 11) is 0. The van der Waals surface area contributed by atoms with Crippen LogP contribution in [0.5, 0.6) is 0 Å². The quantitative estimate of drug-likeness (QED) is 0.549. The third-order valence-corrected chi connectivity index (χ3v) is 2.43. The molecular weight excluding hydrogens is 216 g/mol. The fourth-order valence-corrected chi connectivity index (χ4v) is 1.55. The van der Waals surface area contributed by atoms with Gasteiger partial charge in [-0.3, -0.25) is 4.79 Å². The Bertz CT molecular complexity index is 231. The molecule has 0 aromatic rings. The second kappa shape index (κ2) is 6.15. The Hall–Kier alpha value is -0.690. The number of hydrogen-bond acceptors (Lipinski definition) is 6. The van der Waals surface area contributed by atoms with Gasteiger partial charge in [-0.1, -0.05) is 6.92 Å². The van der Waals surface area contributed by atoms with Crippen LogP contribution in [-0.4, -0.2) is 52.5 Å². The Morgan fingerprint density at radius 3 is 2.75 bits per heavy atom. The van der Waals surface area contributed by atoms with Crippen molar-refractivity contribution in [3.63, 3.8) is 0 Å². The van der Waals surface area contributed by atoms with Gasteiger partial charge in [-0.15, -0.1) is 0 Å². The first-order chi connectivity index (χ1) is 7.58. The van der Waals surface area contributed by atoms with E-state index in [1.807, 2.05) is 6.92 Å². The van der Waals surface area contributed by atoms with Crippen molar-refractivity contribution in [3.8, 4) is 0 Å². The number of rotatable bonds is 4. The normalized spacial score (nSPS) is 34.8. The second-order valence-corrected chi connectivity index (χ2v) is 3.82. The molecule has 1 heterocycles. The van der Waals surface area contributed by atoms with Gasteiger partial charge in [0, 0.05) is 12.8 Å². The van der Waals surface area contributed by atoms with Crippen LogP contribution in [0.15, 0.2) is 0 Å². The van der Waals surface area contributed by atoms with Crippen LogP contribution in [-0.2, 0) is 14.3 Å². The molecule has 0 saturated carbocycles. The van der Waals surface area contributed by atoms with Crippen molar-refractivity contribution >= 4 is 5.97 Å². The molecule has 0 amide bonds. The fourth-order valence-electron chi connectivity index (χ4n) is 1.55. The summed E-state index contributed by atoms with van der Waals surface area (Å²) in [6.45, 7) is 1.41. The molecule has 1 unspecified atom stereocenters. The Morgan fingerprint density at radius 2 is 2.19 bits per heavy atom. The van der Waals surface area contributed by atoms with Gasteiger partial charge in [-0.05, 0) is 6.42 Å². The SMILES string of the molecule is CCCC(=O)OC1C[C@@H](O)[C@H](O)[C@@H](CO)O1. The molecule has 0 radical (unpaired) electrons. The average molecular weight is 234 g/mol. The molecule has 1 aliphatic heterocycles. The van der Waals surface area contributed by atoms with E-state index in [1.54, 1.807) is 0 Å². The third-order valence-electron chi connectivity index (χ3n) is 2.43. The van der Waals surface area contributed by atoms with Gasteiger partial charge in [0.2, 0.25) is 6.29 Å². The molecule has 1 saturated heterocycles. The van der Waals surface area contributed by atoms with E-state index in [-0.39, 0.29) is 12.8 Å². The van der Waals surface area contributed by atoms with Crippen LogP contribution < -0.4 is 0 Å². The molecule has 4 atom stereocenters. The number of ether oxygens (including phenoxy) is 2. The van der Waals surface area contributed by atoms with Gasteiger partial charge in [0.05, 0.1) is 12.7 Å². The molecule has 0 aliphatic carbocycles. The van der Waals surface area contributed by atoms with Crippen LogP contribution >= 0.6 is 0 Å². The first-order valence-electron chi connectivity index (χ1n) is 5.40. The van der Waals surface area contributed by atoms with Crippen molar-refractivity contribution in [2.75, 3.05) is 6.61 Å². The van der Waals surface area contributed by atoms with E-state index in [0.29, 0.717) is 6.42 Å². The minimum absolute atomic E-state index is 0.0210. The largest absolute Gasteiger partial charge is 0.436 e. The van der Waals surface area contributed by atoms with E-state index in [4.69, 9.17) is 14.6 Å². The second-order valence-electron chi connectivity index (χ2n) is 3.82. The molecule has 1 aliphatic rings. The van der Waals surface area contributed by atoms with E-state index in [2.05, 4.69) is 0 Å². The van der Waals surface area contributed by atoms with Crippen LogP contribution in [0.3, 0.4) is 0 Å². The number of aliphatic hydroxyl groups is 3. The van der Waals surface area contributed by atoms with Crippen molar-refractivity contribution in [2.45, 2.75) is 50.8 Å². The third kappa shape index (κ3) is 3.41. The summed E-state index contributed by atoms with van der Waals surface area (Å²) in [6.07, 6.45) is -3.04. The summed E-state index contributed by atoms with van der Waals surface area (Å²) in [5.41, 5.74) is 0. The molecule has 3 N–H and O–H groups in total. The highest BCUT2D eigenvalue weighted by atomic mass is 16.7.